The molecule has 2 N–H and O–H groups in total. The number of hydrogen-bond acceptors (Lipinski definition) is 3. The van der Waals surface area contributed by atoms with Gasteiger partial charge in [-0.3, -0.25) is 9.59 Å². The molecular weight excluding hydrogens is 518 g/mol. The highest BCUT2D eigenvalue weighted by Gasteiger charge is 2.72. The summed E-state index contributed by atoms with van der Waals surface area (Å²) >= 11 is 0. The minimum absolute atomic E-state index is 0.0305. The standard InChI is InChI=1S/C38H55NO3/c1-24-10-12-25(13-11-24)39-31(42)33(4)18-19-34(5)20-21-36(7)28(38(34,9)23-33)22-26(40)30-35(6)16-15-29(41)32(2,3)27(35)14-17-37(30,36)8/h10-13,22,27,29-30,41H,14-21,23H2,1-9H3,(H,39,42)/t27-,29-,30-,33+,34+,35-,36+,37-,38-/m0/s1. The van der Waals surface area contributed by atoms with Crippen LogP contribution in [0.4, 0.5) is 5.69 Å². The van der Waals surface area contributed by atoms with Crippen molar-refractivity contribution >= 4 is 17.4 Å². The Hall–Kier alpha value is -1.94. The van der Waals surface area contributed by atoms with Crippen LogP contribution in [0, 0.1) is 56.7 Å². The number of rotatable bonds is 2. The van der Waals surface area contributed by atoms with Gasteiger partial charge < -0.3 is 10.4 Å². The number of carbonyl (C=O) groups is 2. The molecule has 4 nitrogen and oxygen atoms in total. The van der Waals surface area contributed by atoms with E-state index in [0.717, 1.165) is 63.5 Å². The number of aryl methyl sites for hydroxylation is 1. The number of allylic oxidation sites excluding steroid dienone is 2. The number of ketones is 1. The summed E-state index contributed by atoms with van der Waals surface area (Å²) in [5, 5.41) is 14.3. The van der Waals surface area contributed by atoms with Crippen LogP contribution >= 0.6 is 0 Å². The Balaban J connectivity index is 1.40. The van der Waals surface area contributed by atoms with Crippen LogP contribution in [0.25, 0.3) is 0 Å². The second-order valence-electron chi connectivity index (χ2n) is 17.6. The smallest absolute Gasteiger partial charge is 0.230 e. The van der Waals surface area contributed by atoms with Crippen LogP contribution in [0.15, 0.2) is 35.9 Å². The van der Waals surface area contributed by atoms with Gasteiger partial charge in [-0.2, -0.15) is 0 Å². The molecule has 0 radical (unpaired) electrons. The summed E-state index contributed by atoms with van der Waals surface area (Å²) in [7, 11) is 0. The molecule has 5 aliphatic carbocycles. The van der Waals surface area contributed by atoms with Gasteiger partial charge in [0, 0.05) is 17.0 Å². The molecule has 0 heterocycles. The van der Waals surface area contributed by atoms with E-state index < -0.39 is 5.41 Å². The SMILES string of the molecule is Cc1ccc(NC(=O)[C@]2(C)CC[C@]3(C)CC[C@]4(C)C(=CC(=O)[C@H]5[C@@]6(C)CC[C@H](O)C(C)(C)[C@@H]6CC[C@@]54C)[C@]3(C)C2)cc1. The molecule has 0 unspecified atom stereocenters. The van der Waals surface area contributed by atoms with Gasteiger partial charge in [0.2, 0.25) is 5.91 Å². The minimum atomic E-state index is -0.508. The van der Waals surface area contributed by atoms with Crippen molar-refractivity contribution in [2.24, 2.45) is 49.7 Å². The van der Waals surface area contributed by atoms with Crippen molar-refractivity contribution in [3.8, 4) is 0 Å². The third-order valence-corrected chi connectivity index (χ3v) is 15.1. The van der Waals surface area contributed by atoms with Crippen LogP contribution in [0.1, 0.15) is 119 Å². The first kappa shape index (κ1) is 30.1. The van der Waals surface area contributed by atoms with Crippen LogP contribution in [0.3, 0.4) is 0 Å². The quantitative estimate of drug-likeness (QED) is 0.372. The monoisotopic (exact) mass is 573 g/mol. The van der Waals surface area contributed by atoms with E-state index in [2.05, 4.69) is 73.7 Å². The number of aliphatic hydroxyl groups excluding tert-OH is 1. The molecule has 0 spiro atoms. The van der Waals surface area contributed by atoms with Gasteiger partial charge in [0.05, 0.1) is 6.10 Å². The highest BCUT2D eigenvalue weighted by molar-refractivity contribution is 5.97. The zero-order valence-corrected chi connectivity index (χ0v) is 27.7. The van der Waals surface area contributed by atoms with Crippen molar-refractivity contribution in [2.45, 2.75) is 126 Å². The van der Waals surface area contributed by atoms with Gasteiger partial charge in [0.25, 0.3) is 0 Å². The second kappa shape index (κ2) is 9.05. The Morgan fingerprint density at radius 2 is 1.48 bits per heavy atom. The molecule has 42 heavy (non-hydrogen) atoms. The fraction of sp³-hybridized carbons (Fsp3) is 0.737. The number of hydrogen-bond donors (Lipinski definition) is 2. The zero-order valence-electron chi connectivity index (χ0n) is 27.7. The molecule has 4 fully saturated rings. The van der Waals surface area contributed by atoms with E-state index in [-0.39, 0.29) is 50.4 Å². The first-order valence-electron chi connectivity index (χ1n) is 16.7. The van der Waals surface area contributed by atoms with Gasteiger partial charge >= 0.3 is 0 Å². The molecule has 1 aromatic carbocycles. The van der Waals surface area contributed by atoms with E-state index in [1.165, 1.54) is 11.1 Å². The Morgan fingerprint density at radius 3 is 2.14 bits per heavy atom. The third kappa shape index (κ3) is 3.75. The molecule has 4 saturated carbocycles. The number of nitrogens with one attached hydrogen (secondary N) is 1. The normalized spacial score (nSPS) is 47.7. The second-order valence-corrected chi connectivity index (χ2v) is 17.6. The molecule has 1 amide bonds. The van der Waals surface area contributed by atoms with Crippen LogP contribution in [-0.4, -0.2) is 22.9 Å². The molecule has 6 rings (SSSR count). The molecule has 0 aliphatic heterocycles. The number of anilines is 1. The van der Waals surface area contributed by atoms with Gasteiger partial charge in [0.15, 0.2) is 5.78 Å². The summed E-state index contributed by atoms with van der Waals surface area (Å²) in [5.41, 5.74) is 2.14. The maximum absolute atomic E-state index is 14.7. The number of carbonyl (C=O) groups excluding carboxylic acids is 2. The molecule has 9 atom stereocenters. The number of aliphatic hydroxyl groups is 1. The summed E-state index contributed by atoms with van der Waals surface area (Å²) in [4.78, 5) is 28.6. The lowest BCUT2D eigenvalue weighted by atomic mass is 9.31. The molecule has 1 aromatic rings. The summed E-state index contributed by atoms with van der Waals surface area (Å²) in [6.45, 7) is 20.8. The summed E-state index contributed by atoms with van der Waals surface area (Å²) < 4.78 is 0. The number of benzene rings is 1. The van der Waals surface area contributed by atoms with Crippen molar-refractivity contribution in [2.75, 3.05) is 5.32 Å². The molecule has 0 saturated heterocycles. The highest BCUT2D eigenvalue weighted by Crippen LogP contribution is 2.77. The van der Waals surface area contributed by atoms with E-state index in [0.29, 0.717) is 11.7 Å². The van der Waals surface area contributed by atoms with Crippen LogP contribution in [0.5, 0.6) is 0 Å². The van der Waals surface area contributed by atoms with Crippen molar-refractivity contribution in [1.29, 1.82) is 0 Å². The maximum Gasteiger partial charge on any atom is 0.230 e. The zero-order chi connectivity index (χ0) is 30.7. The molecule has 4 heteroatoms. The maximum atomic E-state index is 14.7. The van der Waals surface area contributed by atoms with Crippen LogP contribution in [-0.2, 0) is 9.59 Å². The van der Waals surface area contributed by atoms with Crippen LogP contribution < -0.4 is 5.32 Å². The Kier molecular flexibility index (Phi) is 6.49. The Morgan fingerprint density at radius 1 is 0.833 bits per heavy atom. The fourth-order valence-electron chi connectivity index (χ4n) is 11.9. The van der Waals surface area contributed by atoms with E-state index in [1.54, 1.807) is 0 Å². The first-order chi connectivity index (χ1) is 19.4. The van der Waals surface area contributed by atoms with Gasteiger partial charge in [0.1, 0.15) is 0 Å². The lowest BCUT2D eigenvalue weighted by Crippen LogP contribution is -2.68. The third-order valence-electron chi connectivity index (χ3n) is 15.1. The van der Waals surface area contributed by atoms with Crippen molar-refractivity contribution in [3.63, 3.8) is 0 Å². The molecular formula is C38H55NO3. The Bertz CT molecular complexity index is 1340. The number of fused-ring (bicyclic) bond motifs is 7. The van der Waals surface area contributed by atoms with Gasteiger partial charge in [-0.1, -0.05) is 78.7 Å². The largest absolute Gasteiger partial charge is 0.393 e. The summed E-state index contributed by atoms with van der Waals surface area (Å²) in [5.74, 6) is 0.718. The Labute approximate surface area is 254 Å². The topological polar surface area (TPSA) is 66.4 Å². The predicted molar refractivity (Wildman–Crippen MR) is 170 cm³/mol. The average molecular weight is 574 g/mol. The first-order valence-corrected chi connectivity index (χ1v) is 16.7. The fourth-order valence-corrected chi connectivity index (χ4v) is 11.9. The van der Waals surface area contributed by atoms with E-state index in [4.69, 9.17) is 0 Å². The molecule has 0 bridgehead atoms. The van der Waals surface area contributed by atoms with Crippen molar-refractivity contribution < 1.29 is 14.7 Å². The average Bonchev–Trinajstić information content (AvgIpc) is 2.90. The van der Waals surface area contributed by atoms with Crippen molar-refractivity contribution in [3.05, 3.63) is 41.5 Å². The minimum Gasteiger partial charge on any atom is -0.393 e. The van der Waals surface area contributed by atoms with Gasteiger partial charge in [-0.25, -0.2) is 0 Å². The summed E-state index contributed by atoms with van der Waals surface area (Å²) in [6, 6.07) is 8.08. The molecule has 5 aliphatic rings. The van der Waals surface area contributed by atoms with Gasteiger partial charge in [-0.15, -0.1) is 0 Å². The van der Waals surface area contributed by atoms with Crippen molar-refractivity contribution in [1.82, 2.24) is 0 Å². The lowest BCUT2D eigenvalue weighted by molar-refractivity contribution is -0.207. The molecule has 0 aromatic heterocycles. The predicted octanol–water partition coefficient (Wildman–Crippen LogP) is 8.67. The highest BCUT2D eigenvalue weighted by atomic mass is 16.3. The summed E-state index contributed by atoms with van der Waals surface area (Å²) in [6.07, 6.45) is 10.4. The van der Waals surface area contributed by atoms with Gasteiger partial charge in [-0.05, 0) is 121 Å². The van der Waals surface area contributed by atoms with E-state index in [1.807, 2.05) is 24.3 Å². The van der Waals surface area contributed by atoms with Crippen LogP contribution in [0.2, 0.25) is 0 Å². The number of amides is 1. The van der Waals surface area contributed by atoms with E-state index >= 15 is 0 Å². The lowest BCUT2D eigenvalue weighted by Gasteiger charge is -2.72. The van der Waals surface area contributed by atoms with E-state index in [9.17, 15) is 14.7 Å². The molecule has 230 valence electrons.